The van der Waals surface area contributed by atoms with Crippen LogP contribution in [0.4, 0.5) is 0 Å². The molecule has 0 bridgehead atoms. The van der Waals surface area contributed by atoms with Gasteiger partial charge in [-0.05, 0) is 40.4 Å². The lowest BCUT2D eigenvalue weighted by atomic mass is 10.0. The minimum Gasteiger partial charge on any atom is -0.319 e. The van der Waals surface area contributed by atoms with E-state index >= 15 is 0 Å². The predicted molar refractivity (Wildman–Crippen MR) is 64.0 cm³/mol. The van der Waals surface area contributed by atoms with Crippen LogP contribution in [0.5, 0.6) is 0 Å². The molecule has 0 aliphatic heterocycles. The second-order valence-corrected chi connectivity index (χ2v) is 4.22. The average molecular weight is 218 g/mol. The Labute approximate surface area is 93.8 Å². The van der Waals surface area contributed by atoms with Crippen molar-refractivity contribution in [3.8, 4) is 0 Å². The van der Waals surface area contributed by atoms with E-state index in [4.69, 9.17) is 5.73 Å². The van der Waals surface area contributed by atoms with Gasteiger partial charge in [0.05, 0.1) is 11.7 Å². The van der Waals surface area contributed by atoms with Gasteiger partial charge in [0.25, 0.3) is 0 Å². The summed E-state index contributed by atoms with van der Waals surface area (Å²) in [6, 6.07) is 6.02. The van der Waals surface area contributed by atoms with Crippen LogP contribution in [0.1, 0.15) is 29.8 Å². The zero-order valence-corrected chi connectivity index (χ0v) is 9.50. The van der Waals surface area contributed by atoms with Gasteiger partial charge in [0, 0.05) is 6.20 Å². The molecule has 1 unspecified atom stereocenters. The van der Waals surface area contributed by atoms with Crippen LogP contribution in [-0.4, -0.2) is 4.98 Å². The van der Waals surface area contributed by atoms with E-state index in [2.05, 4.69) is 29.4 Å². The number of nitrogens with two attached hydrogens (primary N) is 1. The molecule has 0 radical (unpaired) electrons. The van der Waals surface area contributed by atoms with Gasteiger partial charge in [-0.25, -0.2) is 0 Å². The van der Waals surface area contributed by atoms with E-state index < -0.39 is 0 Å². The molecular weight excluding hydrogens is 204 g/mol. The molecule has 0 aromatic carbocycles. The van der Waals surface area contributed by atoms with Crippen molar-refractivity contribution in [3.63, 3.8) is 0 Å². The predicted octanol–water partition coefficient (Wildman–Crippen LogP) is 2.75. The Hall–Kier alpha value is -1.19. The van der Waals surface area contributed by atoms with E-state index in [0.29, 0.717) is 0 Å². The van der Waals surface area contributed by atoms with Crippen molar-refractivity contribution in [2.75, 3.05) is 0 Å². The van der Waals surface area contributed by atoms with Gasteiger partial charge in [-0.3, -0.25) is 4.98 Å². The van der Waals surface area contributed by atoms with Crippen LogP contribution in [0.2, 0.25) is 0 Å². The van der Waals surface area contributed by atoms with Gasteiger partial charge in [-0.1, -0.05) is 13.0 Å². The maximum atomic E-state index is 6.18. The Morgan fingerprint density at radius 2 is 2.33 bits per heavy atom. The third-order valence-electron chi connectivity index (χ3n) is 2.50. The van der Waals surface area contributed by atoms with Crippen molar-refractivity contribution in [1.29, 1.82) is 0 Å². The highest BCUT2D eigenvalue weighted by Crippen LogP contribution is 2.22. The minimum atomic E-state index is -0.0904. The van der Waals surface area contributed by atoms with Crippen molar-refractivity contribution in [1.82, 2.24) is 4.98 Å². The molecule has 0 amide bonds. The highest BCUT2D eigenvalue weighted by Gasteiger charge is 2.13. The molecule has 78 valence electrons. The number of hydrogen-bond acceptors (Lipinski definition) is 3. The molecule has 0 fully saturated rings. The maximum Gasteiger partial charge on any atom is 0.0737 e. The Bertz CT molecular complexity index is 423. The van der Waals surface area contributed by atoms with Crippen LogP contribution in [0.25, 0.3) is 0 Å². The Morgan fingerprint density at radius 1 is 1.47 bits per heavy atom. The second kappa shape index (κ2) is 4.55. The summed E-state index contributed by atoms with van der Waals surface area (Å²) >= 11 is 1.67. The molecular formula is C12H14N2S. The lowest BCUT2D eigenvalue weighted by Crippen LogP contribution is -2.14. The summed E-state index contributed by atoms with van der Waals surface area (Å²) in [5, 5.41) is 4.13. The van der Waals surface area contributed by atoms with E-state index in [1.165, 1.54) is 5.56 Å². The highest BCUT2D eigenvalue weighted by molar-refractivity contribution is 7.08. The zero-order valence-electron chi connectivity index (χ0n) is 8.68. The molecule has 2 heterocycles. The van der Waals surface area contributed by atoms with E-state index in [-0.39, 0.29) is 6.04 Å². The molecule has 2 rings (SSSR count). The van der Waals surface area contributed by atoms with Gasteiger partial charge >= 0.3 is 0 Å². The Morgan fingerprint density at radius 3 is 3.00 bits per heavy atom. The minimum absolute atomic E-state index is 0.0904. The first-order valence-corrected chi connectivity index (χ1v) is 5.98. The monoisotopic (exact) mass is 218 g/mol. The quantitative estimate of drug-likeness (QED) is 0.860. The number of nitrogens with zero attached hydrogens (tertiary/aromatic N) is 1. The molecule has 1 atom stereocenters. The fourth-order valence-corrected chi connectivity index (χ4v) is 2.34. The van der Waals surface area contributed by atoms with Crippen molar-refractivity contribution < 1.29 is 0 Å². The first-order chi connectivity index (χ1) is 7.33. The Kier molecular flexibility index (Phi) is 3.14. The van der Waals surface area contributed by atoms with Crippen molar-refractivity contribution in [2.24, 2.45) is 5.73 Å². The van der Waals surface area contributed by atoms with Gasteiger partial charge in [-0.15, -0.1) is 0 Å². The van der Waals surface area contributed by atoms with Crippen LogP contribution in [0, 0.1) is 0 Å². The molecule has 0 aliphatic carbocycles. The molecule has 2 aromatic rings. The van der Waals surface area contributed by atoms with Crippen LogP contribution in [0.15, 0.2) is 35.2 Å². The van der Waals surface area contributed by atoms with E-state index in [1.54, 1.807) is 17.5 Å². The molecule has 0 spiro atoms. The van der Waals surface area contributed by atoms with Crippen molar-refractivity contribution >= 4 is 11.3 Å². The van der Waals surface area contributed by atoms with Crippen LogP contribution < -0.4 is 5.73 Å². The van der Waals surface area contributed by atoms with Gasteiger partial charge in [0.2, 0.25) is 0 Å². The zero-order chi connectivity index (χ0) is 10.7. The average Bonchev–Trinajstić information content (AvgIpc) is 2.81. The Balaban J connectivity index is 2.37. The summed E-state index contributed by atoms with van der Waals surface area (Å²) in [5.41, 5.74) is 9.56. The molecule has 0 saturated heterocycles. The molecule has 15 heavy (non-hydrogen) atoms. The molecule has 2 N–H and O–H groups in total. The van der Waals surface area contributed by atoms with Crippen LogP contribution in [-0.2, 0) is 6.42 Å². The summed E-state index contributed by atoms with van der Waals surface area (Å²) in [4.78, 5) is 4.39. The number of pyridine rings is 1. The smallest absolute Gasteiger partial charge is 0.0737 e. The third kappa shape index (κ3) is 2.08. The van der Waals surface area contributed by atoms with Crippen molar-refractivity contribution in [3.05, 3.63) is 52.0 Å². The lowest BCUT2D eigenvalue weighted by molar-refractivity contribution is 0.809. The summed E-state index contributed by atoms with van der Waals surface area (Å²) in [6.45, 7) is 2.13. The highest BCUT2D eigenvalue weighted by atomic mass is 32.1. The topological polar surface area (TPSA) is 38.9 Å². The van der Waals surface area contributed by atoms with Crippen LogP contribution in [0.3, 0.4) is 0 Å². The number of rotatable bonds is 3. The normalized spacial score (nSPS) is 12.7. The number of thiophene rings is 1. The number of aromatic nitrogens is 1. The fourth-order valence-electron chi connectivity index (χ4n) is 1.64. The number of hydrogen-bond donors (Lipinski definition) is 1. The fraction of sp³-hybridized carbons (Fsp3) is 0.250. The molecule has 0 saturated carbocycles. The van der Waals surface area contributed by atoms with Gasteiger partial charge in [-0.2, -0.15) is 11.3 Å². The van der Waals surface area contributed by atoms with Crippen LogP contribution >= 0.6 is 11.3 Å². The van der Waals surface area contributed by atoms with E-state index in [9.17, 15) is 0 Å². The van der Waals surface area contributed by atoms with Gasteiger partial charge < -0.3 is 5.73 Å². The van der Waals surface area contributed by atoms with E-state index in [0.717, 1.165) is 17.7 Å². The molecule has 0 aliphatic rings. The van der Waals surface area contributed by atoms with Gasteiger partial charge in [0.15, 0.2) is 0 Å². The second-order valence-electron chi connectivity index (χ2n) is 3.44. The van der Waals surface area contributed by atoms with Gasteiger partial charge in [0.1, 0.15) is 0 Å². The molecule has 3 heteroatoms. The lowest BCUT2D eigenvalue weighted by Gasteiger charge is -2.13. The standard InChI is InChI=1S/C12H14N2S/c1-2-9-4-3-6-14-12(9)11(13)10-5-7-15-8-10/h3-8,11H,2,13H2,1H3. The number of aryl methyl sites for hydroxylation is 1. The molecule has 2 nitrogen and oxygen atoms in total. The largest absolute Gasteiger partial charge is 0.319 e. The third-order valence-corrected chi connectivity index (χ3v) is 3.21. The van der Waals surface area contributed by atoms with E-state index in [1.807, 2.05) is 11.4 Å². The maximum absolute atomic E-state index is 6.18. The SMILES string of the molecule is CCc1cccnc1C(N)c1ccsc1. The first-order valence-electron chi connectivity index (χ1n) is 5.04. The summed E-state index contributed by atoms with van der Waals surface area (Å²) in [7, 11) is 0. The van der Waals surface area contributed by atoms with Crippen molar-refractivity contribution in [2.45, 2.75) is 19.4 Å². The summed E-state index contributed by atoms with van der Waals surface area (Å²) in [5.74, 6) is 0. The molecule has 2 aromatic heterocycles. The summed E-state index contributed by atoms with van der Waals surface area (Å²) in [6.07, 6.45) is 2.78. The summed E-state index contributed by atoms with van der Waals surface area (Å²) < 4.78 is 0. The first kappa shape index (κ1) is 10.3.